The number of hydrogen-bond acceptors (Lipinski definition) is 6. The van der Waals surface area contributed by atoms with Crippen molar-refractivity contribution in [3.63, 3.8) is 0 Å². The fourth-order valence-electron chi connectivity index (χ4n) is 3.08. The third-order valence-electron chi connectivity index (χ3n) is 4.62. The lowest BCUT2D eigenvalue weighted by Gasteiger charge is -2.34. The third kappa shape index (κ3) is 5.53. The SMILES string of the molecule is COC(=O)c1cc(Cc2ccccc2)sc1NC(=S)N1CCN(S(C)(=O)=O)CC1. The van der Waals surface area contributed by atoms with Crippen LogP contribution in [0, 0.1) is 0 Å². The van der Waals surface area contributed by atoms with E-state index in [2.05, 4.69) is 5.32 Å². The molecule has 1 saturated heterocycles. The second-order valence-electron chi connectivity index (χ2n) is 6.69. The summed E-state index contributed by atoms with van der Waals surface area (Å²) in [5, 5.41) is 4.27. The van der Waals surface area contributed by atoms with Crippen molar-refractivity contribution in [3.05, 3.63) is 52.4 Å². The Morgan fingerprint density at radius 2 is 1.86 bits per heavy atom. The molecule has 10 heteroatoms. The largest absolute Gasteiger partial charge is 0.465 e. The lowest BCUT2D eigenvalue weighted by atomic mass is 10.1. The number of rotatable bonds is 5. The lowest BCUT2D eigenvalue weighted by molar-refractivity contribution is 0.0602. The van der Waals surface area contributed by atoms with Crippen molar-refractivity contribution in [2.75, 3.05) is 44.9 Å². The van der Waals surface area contributed by atoms with E-state index in [0.717, 1.165) is 10.4 Å². The highest BCUT2D eigenvalue weighted by atomic mass is 32.2. The first-order valence-corrected chi connectivity index (χ1v) is 12.1. The van der Waals surface area contributed by atoms with Gasteiger partial charge >= 0.3 is 5.97 Å². The van der Waals surface area contributed by atoms with Gasteiger partial charge in [0.15, 0.2) is 5.11 Å². The molecule has 156 valence electrons. The highest BCUT2D eigenvalue weighted by molar-refractivity contribution is 7.88. The Labute approximate surface area is 180 Å². The second kappa shape index (κ2) is 9.21. The van der Waals surface area contributed by atoms with Crippen LogP contribution in [-0.2, 0) is 21.2 Å². The van der Waals surface area contributed by atoms with Crippen LogP contribution < -0.4 is 5.32 Å². The molecule has 2 heterocycles. The van der Waals surface area contributed by atoms with Crippen molar-refractivity contribution in [1.82, 2.24) is 9.21 Å². The number of esters is 1. The fraction of sp³-hybridized carbons (Fsp3) is 0.368. The summed E-state index contributed by atoms with van der Waals surface area (Å²) in [4.78, 5) is 15.2. The van der Waals surface area contributed by atoms with E-state index in [9.17, 15) is 13.2 Å². The van der Waals surface area contributed by atoms with Gasteiger partial charge in [-0.2, -0.15) is 4.31 Å². The topological polar surface area (TPSA) is 79.0 Å². The minimum absolute atomic E-state index is 0.383. The molecule has 0 radical (unpaired) electrons. The van der Waals surface area contributed by atoms with Gasteiger partial charge in [-0.25, -0.2) is 13.2 Å². The lowest BCUT2D eigenvalue weighted by Crippen LogP contribution is -2.51. The summed E-state index contributed by atoms with van der Waals surface area (Å²) in [6.45, 7) is 1.76. The van der Waals surface area contributed by atoms with Crippen LogP contribution in [0.3, 0.4) is 0 Å². The smallest absolute Gasteiger partial charge is 0.340 e. The number of carbonyl (C=O) groups excluding carboxylic acids is 1. The summed E-state index contributed by atoms with van der Waals surface area (Å²) in [7, 11) is -1.85. The van der Waals surface area contributed by atoms with Gasteiger partial charge in [0.25, 0.3) is 0 Å². The zero-order valence-corrected chi connectivity index (χ0v) is 18.7. The van der Waals surface area contributed by atoms with E-state index in [1.807, 2.05) is 41.3 Å². The maximum atomic E-state index is 12.2. The summed E-state index contributed by atoms with van der Waals surface area (Å²) in [5.41, 5.74) is 1.59. The van der Waals surface area contributed by atoms with Crippen molar-refractivity contribution in [2.45, 2.75) is 6.42 Å². The number of hydrogen-bond donors (Lipinski definition) is 1. The van der Waals surface area contributed by atoms with Gasteiger partial charge < -0.3 is 15.0 Å². The number of carbonyl (C=O) groups is 1. The molecule has 7 nitrogen and oxygen atoms in total. The third-order valence-corrected chi connectivity index (χ3v) is 7.34. The molecule has 2 aromatic rings. The minimum atomic E-state index is -3.20. The molecule has 0 spiro atoms. The molecule has 0 unspecified atom stereocenters. The molecule has 1 fully saturated rings. The highest BCUT2D eigenvalue weighted by Crippen LogP contribution is 2.31. The average molecular weight is 454 g/mol. The Bertz CT molecular complexity index is 981. The number of sulfonamides is 1. The number of anilines is 1. The molecule has 1 aromatic heterocycles. The van der Waals surface area contributed by atoms with Gasteiger partial charge in [-0.15, -0.1) is 11.3 Å². The molecular weight excluding hydrogens is 430 g/mol. The van der Waals surface area contributed by atoms with Gasteiger partial charge in [-0.3, -0.25) is 0 Å². The van der Waals surface area contributed by atoms with Crippen LogP contribution in [0.1, 0.15) is 20.8 Å². The van der Waals surface area contributed by atoms with E-state index in [-0.39, 0.29) is 0 Å². The Balaban J connectivity index is 1.72. The van der Waals surface area contributed by atoms with Crippen molar-refractivity contribution >= 4 is 49.7 Å². The predicted molar refractivity (Wildman–Crippen MR) is 119 cm³/mol. The molecule has 1 aromatic carbocycles. The summed E-state index contributed by atoms with van der Waals surface area (Å²) in [6.07, 6.45) is 1.92. The van der Waals surface area contributed by atoms with Crippen LogP contribution in [0.4, 0.5) is 5.00 Å². The van der Waals surface area contributed by atoms with Gasteiger partial charge in [-0.05, 0) is 23.8 Å². The molecule has 0 saturated carbocycles. The van der Waals surface area contributed by atoms with Crippen LogP contribution in [-0.4, -0.2) is 68.2 Å². The number of methoxy groups -OCH3 is 1. The second-order valence-corrected chi connectivity index (χ2v) is 10.2. The van der Waals surface area contributed by atoms with E-state index in [0.29, 0.717) is 48.3 Å². The standard InChI is InChI=1S/C19H23N3O4S3/c1-26-18(23)16-13-15(12-14-6-4-3-5-7-14)28-17(16)20-19(27)21-8-10-22(11-9-21)29(2,24)25/h3-7,13H,8-12H2,1-2H3,(H,20,27). The van der Waals surface area contributed by atoms with E-state index in [4.69, 9.17) is 17.0 Å². The summed E-state index contributed by atoms with van der Waals surface area (Å²) in [5.74, 6) is -0.423. The van der Waals surface area contributed by atoms with Gasteiger partial charge in [0, 0.05) is 37.5 Å². The first-order valence-electron chi connectivity index (χ1n) is 9.04. The quantitative estimate of drug-likeness (QED) is 0.550. The van der Waals surface area contributed by atoms with Crippen molar-refractivity contribution in [3.8, 4) is 0 Å². The molecule has 1 aliphatic heterocycles. The number of ether oxygens (including phenoxy) is 1. The summed E-state index contributed by atoms with van der Waals surface area (Å²) in [6, 6.07) is 11.8. The zero-order chi connectivity index (χ0) is 21.0. The molecule has 29 heavy (non-hydrogen) atoms. The Morgan fingerprint density at radius 1 is 1.21 bits per heavy atom. The Kier molecular flexibility index (Phi) is 6.89. The maximum Gasteiger partial charge on any atom is 0.340 e. The number of piperazine rings is 1. The zero-order valence-electron chi connectivity index (χ0n) is 16.3. The summed E-state index contributed by atoms with van der Waals surface area (Å²) >= 11 is 6.97. The predicted octanol–water partition coefficient (Wildman–Crippen LogP) is 2.40. The van der Waals surface area contributed by atoms with Gasteiger partial charge in [0.1, 0.15) is 5.00 Å². The molecule has 1 N–H and O–H groups in total. The maximum absolute atomic E-state index is 12.2. The number of benzene rings is 1. The number of thiophene rings is 1. The van der Waals surface area contributed by atoms with E-state index >= 15 is 0 Å². The van der Waals surface area contributed by atoms with Crippen molar-refractivity contribution in [2.24, 2.45) is 0 Å². The normalized spacial score (nSPS) is 15.2. The molecule has 0 atom stereocenters. The molecule has 0 bridgehead atoms. The minimum Gasteiger partial charge on any atom is -0.465 e. The number of nitrogens with one attached hydrogen (secondary N) is 1. The van der Waals surface area contributed by atoms with Crippen LogP contribution in [0.15, 0.2) is 36.4 Å². The molecule has 3 rings (SSSR count). The Morgan fingerprint density at radius 3 is 2.45 bits per heavy atom. The molecule has 0 aliphatic carbocycles. The summed E-state index contributed by atoms with van der Waals surface area (Å²) < 4.78 is 29.7. The first-order chi connectivity index (χ1) is 13.8. The van der Waals surface area contributed by atoms with E-state index < -0.39 is 16.0 Å². The molecular formula is C19H23N3O4S3. The monoisotopic (exact) mass is 453 g/mol. The fourth-order valence-corrected chi connectivity index (χ4v) is 5.33. The van der Waals surface area contributed by atoms with Gasteiger partial charge in [-0.1, -0.05) is 30.3 Å². The van der Waals surface area contributed by atoms with Crippen LogP contribution in [0.25, 0.3) is 0 Å². The van der Waals surface area contributed by atoms with Crippen LogP contribution >= 0.6 is 23.6 Å². The van der Waals surface area contributed by atoms with Gasteiger partial charge in [0.2, 0.25) is 10.0 Å². The molecule has 1 aliphatic rings. The van der Waals surface area contributed by atoms with Crippen LogP contribution in [0.2, 0.25) is 0 Å². The van der Waals surface area contributed by atoms with Crippen molar-refractivity contribution < 1.29 is 17.9 Å². The van der Waals surface area contributed by atoms with E-state index in [1.165, 1.54) is 29.0 Å². The average Bonchev–Trinajstić information content (AvgIpc) is 3.09. The Hall–Kier alpha value is -2.01. The van der Waals surface area contributed by atoms with Crippen LogP contribution in [0.5, 0.6) is 0 Å². The van der Waals surface area contributed by atoms with Crippen molar-refractivity contribution in [1.29, 1.82) is 0 Å². The van der Waals surface area contributed by atoms with E-state index in [1.54, 1.807) is 0 Å². The van der Waals surface area contributed by atoms with Gasteiger partial charge in [0.05, 0.1) is 18.9 Å². The first kappa shape index (κ1) is 21.7. The number of nitrogens with zero attached hydrogens (tertiary/aromatic N) is 2. The highest BCUT2D eigenvalue weighted by Gasteiger charge is 2.26. The molecule has 0 amide bonds. The number of thiocarbonyl (C=S) groups is 1.